The third-order valence-electron chi connectivity index (χ3n) is 2.80. The van der Waals surface area contributed by atoms with E-state index in [-0.39, 0.29) is 0 Å². The maximum Gasteiger partial charge on any atom is 0.312 e. The summed E-state index contributed by atoms with van der Waals surface area (Å²) in [4.78, 5) is 11.1. The monoisotopic (exact) mass is 188 g/mol. The van der Waals surface area contributed by atoms with E-state index in [2.05, 4.69) is 0 Å². The highest BCUT2D eigenvalue weighted by molar-refractivity contribution is 5.76. The summed E-state index contributed by atoms with van der Waals surface area (Å²) in [5.41, 5.74) is -1.13. The Morgan fingerprint density at radius 1 is 1.69 bits per heavy atom. The minimum absolute atomic E-state index is 0.442. The SMILES string of the molecule is CC[C@H](O)[C@]1(C)OC(=O)[C@H](C)[C@@H]1O. The summed E-state index contributed by atoms with van der Waals surface area (Å²) in [6, 6.07) is 0. The van der Waals surface area contributed by atoms with Crippen LogP contribution in [0.2, 0.25) is 0 Å². The summed E-state index contributed by atoms with van der Waals surface area (Å²) in [7, 11) is 0. The molecular formula is C9H16O4. The number of esters is 1. The fourth-order valence-corrected chi connectivity index (χ4v) is 1.67. The Labute approximate surface area is 77.5 Å². The van der Waals surface area contributed by atoms with Gasteiger partial charge >= 0.3 is 5.97 Å². The van der Waals surface area contributed by atoms with Crippen LogP contribution in [-0.2, 0) is 9.53 Å². The van der Waals surface area contributed by atoms with E-state index in [1.165, 1.54) is 0 Å². The van der Waals surface area contributed by atoms with Gasteiger partial charge in [-0.25, -0.2) is 0 Å². The molecule has 13 heavy (non-hydrogen) atoms. The quantitative estimate of drug-likeness (QED) is 0.602. The van der Waals surface area contributed by atoms with Gasteiger partial charge in [0.1, 0.15) is 6.10 Å². The van der Waals surface area contributed by atoms with Gasteiger partial charge in [-0.3, -0.25) is 4.79 Å². The zero-order chi connectivity index (χ0) is 10.2. The Kier molecular flexibility index (Phi) is 2.63. The van der Waals surface area contributed by atoms with Crippen LogP contribution in [0.15, 0.2) is 0 Å². The number of aliphatic hydroxyl groups excluding tert-OH is 2. The van der Waals surface area contributed by atoms with Gasteiger partial charge in [-0.2, -0.15) is 0 Å². The van der Waals surface area contributed by atoms with Gasteiger partial charge in [0.2, 0.25) is 0 Å². The normalized spacial score (nSPS) is 41.8. The van der Waals surface area contributed by atoms with E-state index in [1.807, 2.05) is 0 Å². The third-order valence-corrected chi connectivity index (χ3v) is 2.80. The van der Waals surface area contributed by atoms with Gasteiger partial charge in [0.25, 0.3) is 0 Å². The van der Waals surface area contributed by atoms with Gasteiger partial charge in [-0.05, 0) is 20.3 Å². The van der Waals surface area contributed by atoms with Crippen LogP contribution in [0.3, 0.4) is 0 Å². The molecule has 1 aliphatic rings. The molecule has 0 aromatic heterocycles. The first-order valence-electron chi connectivity index (χ1n) is 4.52. The number of carbonyl (C=O) groups excluding carboxylic acids is 1. The minimum Gasteiger partial charge on any atom is -0.454 e. The Bertz CT molecular complexity index is 216. The second-order valence-electron chi connectivity index (χ2n) is 3.76. The van der Waals surface area contributed by atoms with Crippen LogP contribution in [-0.4, -0.2) is 34.0 Å². The summed E-state index contributed by atoms with van der Waals surface area (Å²) in [6.45, 7) is 4.94. The second kappa shape index (κ2) is 3.27. The van der Waals surface area contributed by atoms with Crippen LogP contribution in [0.5, 0.6) is 0 Å². The highest BCUT2D eigenvalue weighted by Gasteiger charge is 2.53. The third kappa shape index (κ3) is 1.44. The van der Waals surface area contributed by atoms with E-state index >= 15 is 0 Å². The van der Waals surface area contributed by atoms with Gasteiger partial charge in [-0.15, -0.1) is 0 Å². The number of hydrogen-bond donors (Lipinski definition) is 2. The molecule has 0 spiro atoms. The topological polar surface area (TPSA) is 66.8 Å². The second-order valence-corrected chi connectivity index (χ2v) is 3.76. The first-order chi connectivity index (χ1) is 5.93. The van der Waals surface area contributed by atoms with E-state index in [9.17, 15) is 15.0 Å². The van der Waals surface area contributed by atoms with Gasteiger partial charge in [-0.1, -0.05) is 6.92 Å². The zero-order valence-corrected chi connectivity index (χ0v) is 8.15. The average Bonchev–Trinajstić information content (AvgIpc) is 2.30. The Balaban J connectivity index is 2.87. The number of aliphatic hydroxyl groups is 2. The molecule has 2 N–H and O–H groups in total. The number of cyclic esters (lactones) is 1. The average molecular weight is 188 g/mol. The van der Waals surface area contributed by atoms with Crippen molar-refractivity contribution in [1.29, 1.82) is 0 Å². The number of ether oxygens (including phenoxy) is 1. The van der Waals surface area contributed by atoms with Crippen molar-refractivity contribution in [3.05, 3.63) is 0 Å². The molecule has 0 aliphatic carbocycles. The van der Waals surface area contributed by atoms with E-state index in [0.29, 0.717) is 6.42 Å². The number of hydrogen-bond acceptors (Lipinski definition) is 4. The van der Waals surface area contributed by atoms with E-state index in [0.717, 1.165) is 0 Å². The maximum atomic E-state index is 11.1. The van der Waals surface area contributed by atoms with Crippen LogP contribution in [0.1, 0.15) is 27.2 Å². The van der Waals surface area contributed by atoms with Crippen LogP contribution in [0.4, 0.5) is 0 Å². The molecule has 1 fully saturated rings. The van der Waals surface area contributed by atoms with Gasteiger partial charge in [0.15, 0.2) is 5.60 Å². The predicted molar refractivity (Wildman–Crippen MR) is 46.0 cm³/mol. The van der Waals surface area contributed by atoms with Crippen molar-refractivity contribution in [2.75, 3.05) is 0 Å². The fraction of sp³-hybridized carbons (Fsp3) is 0.889. The molecule has 76 valence electrons. The predicted octanol–water partition coefficient (Wildman–Crippen LogP) is 0.0698. The summed E-state index contributed by atoms with van der Waals surface area (Å²) >= 11 is 0. The summed E-state index contributed by atoms with van der Waals surface area (Å²) < 4.78 is 4.99. The first-order valence-corrected chi connectivity index (χ1v) is 4.52. The van der Waals surface area contributed by atoms with E-state index < -0.39 is 29.7 Å². The summed E-state index contributed by atoms with van der Waals surface area (Å²) in [5, 5.41) is 19.3. The van der Waals surface area contributed by atoms with Gasteiger partial charge in [0, 0.05) is 0 Å². The van der Waals surface area contributed by atoms with E-state index in [4.69, 9.17) is 4.74 Å². The molecule has 0 unspecified atom stereocenters. The zero-order valence-electron chi connectivity index (χ0n) is 8.15. The lowest BCUT2D eigenvalue weighted by Crippen LogP contribution is -2.48. The molecule has 1 aliphatic heterocycles. The Morgan fingerprint density at radius 2 is 2.23 bits per heavy atom. The molecule has 0 aromatic carbocycles. The van der Waals surface area contributed by atoms with Crippen molar-refractivity contribution in [2.45, 2.75) is 45.0 Å². The Hall–Kier alpha value is -0.610. The largest absolute Gasteiger partial charge is 0.454 e. The molecule has 4 heteroatoms. The highest BCUT2D eigenvalue weighted by Crippen LogP contribution is 2.34. The molecule has 4 atom stereocenters. The molecule has 1 saturated heterocycles. The summed E-state index contributed by atoms with van der Waals surface area (Å²) in [5.74, 6) is -0.992. The van der Waals surface area contributed by atoms with Gasteiger partial charge in [0.05, 0.1) is 12.0 Å². The van der Waals surface area contributed by atoms with Crippen molar-refractivity contribution in [1.82, 2.24) is 0 Å². The Morgan fingerprint density at radius 3 is 2.54 bits per heavy atom. The van der Waals surface area contributed by atoms with Crippen molar-refractivity contribution in [3.63, 3.8) is 0 Å². The molecule has 0 amide bonds. The summed E-state index contributed by atoms with van der Waals surface area (Å²) in [6.07, 6.45) is -1.28. The minimum atomic E-state index is -1.13. The van der Waals surface area contributed by atoms with Gasteiger partial charge < -0.3 is 14.9 Å². The van der Waals surface area contributed by atoms with Crippen LogP contribution in [0.25, 0.3) is 0 Å². The fourth-order valence-electron chi connectivity index (χ4n) is 1.67. The first kappa shape index (κ1) is 10.5. The molecule has 0 saturated carbocycles. The van der Waals surface area contributed by atoms with Crippen molar-refractivity contribution >= 4 is 5.97 Å². The maximum absolute atomic E-state index is 11.1. The molecule has 1 rings (SSSR count). The smallest absolute Gasteiger partial charge is 0.312 e. The van der Waals surface area contributed by atoms with Crippen LogP contribution < -0.4 is 0 Å². The van der Waals surface area contributed by atoms with E-state index in [1.54, 1.807) is 20.8 Å². The van der Waals surface area contributed by atoms with Crippen LogP contribution in [0, 0.1) is 5.92 Å². The highest BCUT2D eigenvalue weighted by atomic mass is 16.6. The molecule has 0 bridgehead atoms. The molecule has 4 nitrogen and oxygen atoms in total. The van der Waals surface area contributed by atoms with Crippen molar-refractivity contribution < 1.29 is 19.7 Å². The molecule has 0 radical (unpaired) electrons. The van der Waals surface area contributed by atoms with Crippen molar-refractivity contribution in [3.8, 4) is 0 Å². The molecule has 1 heterocycles. The number of carbonyl (C=O) groups is 1. The lowest BCUT2D eigenvalue weighted by Gasteiger charge is -2.31. The lowest BCUT2D eigenvalue weighted by molar-refractivity contribution is -0.163. The van der Waals surface area contributed by atoms with Crippen LogP contribution >= 0.6 is 0 Å². The van der Waals surface area contributed by atoms with Crippen molar-refractivity contribution in [2.24, 2.45) is 5.92 Å². The molecule has 0 aromatic rings. The lowest BCUT2D eigenvalue weighted by atomic mass is 9.87. The number of rotatable bonds is 2. The standard InChI is InChI=1S/C9H16O4/c1-4-6(10)9(3)7(11)5(2)8(12)13-9/h5-7,10-11H,4H2,1-3H3/t5-,6+,7+,9+/m1/s1. The molecular weight excluding hydrogens is 172 g/mol.